The van der Waals surface area contributed by atoms with Crippen molar-refractivity contribution in [1.29, 1.82) is 0 Å². The highest BCUT2D eigenvalue weighted by Crippen LogP contribution is 2.33. The van der Waals surface area contributed by atoms with Crippen molar-refractivity contribution < 1.29 is 4.79 Å². The van der Waals surface area contributed by atoms with Gasteiger partial charge in [0.2, 0.25) is 0 Å². The molecule has 0 aliphatic carbocycles. The van der Waals surface area contributed by atoms with E-state index in [-0.39, 0.29) is 6.03 Å². The molecule has 84 valence electrons. The number of fused-ring (bicyclic) bond motifs is 1. The van der Waals surface area contributed by atoms with Crippen LogP contribution in [0.15, 0.2) is 12.7 Å². The van der Waals surface area contributed by atoms with E-state index >= 15 is 0 Å². The molecule has 2 N–H and O–H groups in total. The van der Waals surface area contributed by atoms with Crippen LogP contribution in [0.2, 0.25) is 0 Å². The van der Waals surface area contributed by atoms with Crippen LogP contribution in [-0.4, -0.2) is 29.1 Å². The number of hydrogen-bond acceptors (Lipinski definition) is 2. The zero-order valence-corrected chi connectivity index (χ0v) is 9.69. The molecule has 2 heterocycles. The molecule has 2 amide bonds. The van der Waals surface area contributed by atoms with Gasteiger partial charge in [0.25, 0.3) is 0 Å². The molecule has 2 saturated heterocycles. The summed E-state index contributed by atoms with van der Waals surface area (Å²) in [5.74, 6) is 1.07. The Hall–Kier alpha value is -0.640. The van der Waals surface area contributed by atoms with E-state index in [9.17, 15) is 4.79 Å². The van der Waals surface area contributed by atoms with E-state index in [2.05, 4.69) is 17.2 Å². The highest BCUT2D eigenvalue weighted by molar-refractivity contribution is 8.00. The van der Waals surface area contributed by atoms with E-state index in [0.29, 0.717) is 17.3 Å². The summed E-state index contributed by atoms with van der Waals surface area (Å²) in [6.07, 6.45) is 6.75. The van der Waals surface area contributed by atoms with Crippen molar-refractivity contribution in [2.75, 3.05) is 5.75 Å². The SMILES string of the molecule is C=CCCCC[C@@H]1SCC2NC(=O)NC21. The van der Waals surface area contributed by atoms with Crippen molar-refractivity contribution in [3.8, 4) is 0 Å². The summed E-state index contributed by atoms with van der Waals surface area (Å²) < 4.78 is 0. The molecule has 0 aromatic heterocycles. The van der Waals surface area contributed by atoms with Crippen molar-refractivity contribution in [2.45, 2.75) is 43.0 Å². The molecule has 0 aromatic carbocycles. The lowest BCUT2D eigenvalue weighted by Crippen LogP contribution is -2.36. The zero-order chi connectivity index (χ0) is 10.7. The number of allylic oxidation sites excluding steroid dienone is 1. The first-order chi connectivity index (χ1) is 7.31. The molecule has 15 heavy (non-hydrogen) atoms. The van der Waals surface area contributed by atoms with Crippen molar-refractivity contribution in [3.05, 3.63) is 12.7 Å². The van der Waals surface area contributed by atoms with Crippen LogP contribution in [0, 0.1) is 0 Å². The minimum atomic E-state index is 0.0152. The number of thioether (sulfide) groups is 1. The highest BCUT2D eigenvalue weighted by atomic mass is 32.2. The van der Waals surface area contributed by atoms with Gasteiger partial charge in [0.15, 0.2) is 0 Å². The molecule has 4 heteroatoms. The molecule has 2 aliphatic rings. The van der Waals surface area contributed by atoms with Crippen LogP contribution in [0.3, 0.4) is 0 Å². The smallest absolute Gasteiger partial charge is 0.315 e. The molecular weight excluding hydrogens is 208 g/mol. The van der Waals surface area contributed by atoms with Gasteiger partial charge in [-0.05, 0) is 19.3 Å². The van der Waals surface area contributed by atoms with E-state index in [4.69, 9.17) is 0 Å². The fourth-order valence-corrected chi connectivity index (χ4v) is 3.82. The molecule has 0 saturated carbocycles. The first-order valence-electron chi connectivity index (χ1n) is 5.61. The Morgan fingerprint density at radius 1 is 1.47 bits per heavy atom. The van der Waals surface area contributed by atoms with Crippen LogP contribution in [-0.2, 0) is 0 Å². The number of carbonyl (C=O) groups is 1. The van der Waals surface area contributed by atoms with Gasteiger partial charge >= 0.3 is 6.03 Å². The third-order valence-electron chi connectivity index (χ3n) is 3.09. The standard InChI is InChI=1S/C11H18N2OS/c1-2-3-4-5-6-9-10-8(7-15-9)12-11(14)13-10/h2,8-10H,1,3-7H2,(H2,12,13,14)/t8?,9-,10?/m0/s1. The molecule has 2 rings (SSSR count). The summed E-state index contributed by atoms with van der Waals surface area (Å²) in [5.41, 5.74) is 0. The van der Waals surface area contributed by atoms with Gasteiger partial charge in [-0.3, -0.25) is 0 Å². The molecule has 0 aromatic rings. The van der Waals surface area contributed by atoms with Gasteiger partial charge in [0, 0.05) is 11.0 Å². The highest BCUT2D eigenvalue weighted by Gasteiger charge is 2.42. The Morgan fingerprint density at radius 2 is 2.33 bits per heavy atom. The van der Waals surface area contributed by atoms with E-state index in [1.165, 1.54) is 19.3 Å². The Morgan fingerprint density at radius 3 is 3.13 bits per heavy atom. The van der Waals surface area contributed by atoms with E-state index in [0.717, 1.165) is 12.2 Å². The number of nitrogens with one attached hydrogen (secondary N) is 2. The van der Waals surface area contributed by atoms with E-state index in [1.807, 2.05) is 17.8 Å². The van der Waals surface area contributed by atoms with E-state index in [1.54, 1.807) is 0 Å². The summed E-state index contributed by atoms with van der Waals surface area (Å²) in [6.45, 7) is 3.72. The third kappa shape index (κ3) is 2.48. The molecule has 0 bridgehead atoms. The number of rotatable bonds is 5. The number of carbonyl (C=O) groups excluding carboxylic acids is 1. The van der Waals surface area contributed by atoms with Gasteiger partial charge in [-0.2, -0.15) is 11.8 Å². The summed E-state index contributed by atoms with van der Waals surface area (Å²) in [7, 11) is 0. The lowest BCUT2D eigenvalue weighted by molar-refractivity contribution is 0.247. The normalized spacial score (nSPS) is 33.3. The van der Waals surface area contributed by atoms with Crippen molar-refractivity contribution >= 4 is 17.8 Å². The van der Waals surface area contributed by atoms with Gasteiger partial charge in [-0.25, -0.2) is 4.79 Å². The predicted octanol–water partition coefficient (Wildman–Crippen LogP) is 1.90. The van der Waals surface area contributed by atoms with Crippen LogP contribution in [0.1, 0.15) is 25.7 Å². The lowest BCUT2D eigenvalue weighted by atomic mass is 10.0. The summed E-state index contributed by atoms with van der Waals surface area (Å²) in [5, 5.41) is 6.59. The number of urea groups is 1. The fourth-order valence-electron chi connectivity index (χ4n) is 2.28. The van der Waals surface area contributed by atoms with Gasteiger partial charge < -0.3 is 10.6 Å². The molecule has 3 atom stereocenters. The summed E-state index contributed by atoms with van der Waals surface area (Å²) in [4.78, 5) is 11.1. The Kier molecular flexibility index (Phi) is 3.57. The fraction of sp³-hybridized carbons (Fsp3) is 0.727. The Labute approximate surface area is 95.1 Å². The monoisotopic (exact) mass is 226 g/mol. The first kappa shape index (κ1) is 10.9. The number of hydrogen-bond donors (Lipinski definition) is 2. The zero-order valence-electron chi connectivity index (χ0n) is 8.87. The molecule has 3 nitrogen and oxygen atoms in total. The number of unbranched alkanes of at least 4 members (excludes halogenated alkanes) is 2. The maximum absolute atomic E-state index is 11.1. The van der Waals surface area contributed by atoms with Crippen molar-refractivity contribution in [3.63, 3.8) is 0 Å². The second-order valence-corrected chi connectivity index (χ2v) is 5.47. The first-order valence-corrected chi connectivity index (χ1v) is 6.65. The summed E-state index contributed by atoms with van der Waals surface area (Å²) in [6, 6.07) is 0.750. The second kappa shape index (κ2) is 4.92. The second-order valence-electron chi connectivity index (χ2n) is 4.19. The third-order valence-corrected chi connectivity index (χ3v) is 4.59. The molecular formula is C11H18N2OS. The van der Waals surface area contributed by atoms with Crippen LogP contribution < -0.4 is 10.6 Å². The van der Waals surface area contributed by atoms with Crippen molar-refractivity contribution in [1.82, 2.24) is 10.6 Å². The maximum atomic E-state index is 11.1. The number of amides is 2. The summed E-state index contributed by atoms with van der Waals surface area (Å²) >= 11 is 1.99. The quantitative estimate of drug-likeness (QED) is 0.427. The average Bonchev–Trinajstić information content (AvgIpc) is 2.73. The maximum Gasteiger partial charge on any atom is 0.315 e. The largest absolute Gasteiger partial charge is 0.332 e. The van der Waals surface area contributed by atoms with Gasteiger partial charge in [0.1, 0.15) is 0 Å². The van der Waals surface area contributed by atoms with E-state index < -0.39 is 0 Å². The molecule has 0 spiro atoms. The molecule has 2 fully saturated rings. The van der Waals surface area contributed by atoms with Crippen LogP contribution in [0.5, 0.6) is 0 Å². The van der Waals surface area contributed by atoms with Gasteiger partial charge in [-0.1, -0.05) is 12.5 Å². The topological polar surface area (TPSA) is 41.1 Å². The molecule has 2 unspecified atom stereocenters. The average molecular weight is 226 g/mol. The minimum absolute atomic E-state index is 0.0152. The van der Waals surface area contributed by atoms with Crippen LogP contribution in [0.4, 0.5) is 4.79 Å². The molecule has 0 radical (unpaired) electrons. The predicted molar refractivity (Wildman–Crippen MR) is 64.2 cm³/mol. The minimum Gasteiger partial charge on any atom is -0.332 e. The van der Waals surface area contributed by atoms with Crippen LogP contribution >= 0.6 is 11.8 Å². The Bertz CT molecular complexity index is 257. The van der Waals surface area contributed by atoms with Crippen molar-refractivity contribution in [2.24, 2.45) is 0 Å². The lowest BCUT2D eigenvalue weighted by Gasteiger charge is -2.16. The van der Waals surface area contributed by atoms with Gasteiger partial charge in [-0.15, -0.1) is 6.58 Å². The molecule has 2 aliphatic heterocycles. The van der Waals surface area contributed by atoms with Gasteiger partial charge in [0.05, 0.1) is 12.1 Å². The Balaban J connectivity index is 1.74. The van der Waals surface area contributed by atoms with Crippen LogP contribution in [0.25, 0.3) is 0 Å².